The number of hydrogen-bond acceptors (Lipinski definition) is 1. The quantitative estimate of drug-likeness (QED) is 0.489. The molecule has 1 nitrogen and oxygen atoms in total. The highest BCUT2D eigenvalue weighted by Crippen LogP contribution is 2.38. The summed E-state index contributed by atoms with van der Waals surface area (Å²) >= 11 is 0. The number of ether oxygens (including phenoxy) is 1. The maximum Gasteiger partial charge on any atom is 0.0844 e. The first-order valence-corrected chi connectivity index (χ1v) is 4.91. The normalized spacial score (nSPS) is 50.7. The molecule has 2 rings (SSSR count). The number of fused-ring (bicyclic) bond motifs is 1. The summed E-state index contributed by atoms with van der Waals surface area (Å²) in [4.78, 5) is 0. The van der Waals surface area contributed by atoms with Crippen LogP contribution in [0.4, 0.5) is 0 Å². The van der Waals surface area contributed by atoms with Crippen molar-refractivity contribution in [1.29, 1.82) is 0 Å². The first-order valence-electron chi connectivity index (χ1n) is 4.91. The predicted molar refractivity (Wildman–Crippen MR) is 45.5 cm³/mol. The van der Waals surface area contributed by atoms with Crippen LogP contribution >= 0.6 is 0 Å². The van der Waals surface area contributed by atoms with Crippen LogP contribution in [-0.2, 0) is 4.74 Å². The molecule has 64 valence electrons. The third kappa shape index (κ3) is 1.76. The summed E-state index contributed by atoms with van der Waals surface area (Å²) in [6.45, 7) is 4.72. The van der Waals surface area contributed by atoms with Gasteiger partial charge in [0.15, 0.2) is 0 Å². The molecule has 4 unspecified atom stereocenters. The molecule has 0 aromatic carbocycles. The minimum absolute atomic E-state index is 0.646. The lowest BCUT2D eigenvalue weighted by atomic mass is 9.87. The molecule has 1 heteroatoms. The summed E-state index contributed by atoms with van der Waals surface area (Å²) in [5.41, 5.74) is 0. The number of rotatable bonds is 0. The molecule has 1 saturated carbocycles. The molecule has 4 atom stereocenters. The lowest BCUT2D eigenvalue weighted by molar-refractivity contribution is 0.339. The summed E-state index contributed by atoms with van der Waals surface area (Å²) in [5.74, 6) is 1.79. The van der Waals surface area contributed by atoms with Crippen LogP contribution in [0.15, 0.2) is 0 Å². The Morgan fingerprint density at radius 3 is 1.82 bits per heavy atom. The van der Waals surface area contributed by atoms with E-state index in [-0.39, 0.29) is 0 Å². The van der Waals surface area contributed by atoms with Crippen LogP contribution in [0.5, 0.6) is 0 Å². The van der Waals surface area contributed by atoms with Crippen molar-refractivity contribution in [2.24, 2.45) is 11.8 Å². The zero-order chi connectivity index (χ0) is 7.84. The predicted octanol–water partition coefficient (Wildman–Crippen LogP) is 2.60. The summed E-state index contributed by atoms with van der Waals surface area (Å²) in [6.07, 6.45) is 6.75. The van der Waals surface area contributed by atoms with Crippen molar-refractivity contribution in [3.05, 3.63) is 0 Å². The summed E-state index contributed by atoms with van der Waals surface area (Å²) in [6, 6.07) is 0. The smallest absolute Gasteiger partial charge is 0.0844 e. The third-order valence-electron chi connectivity index (χ3n) is 3.11. The molecule has 0 amide bonds. The highest BCUT2D eigenvalue weighted by Gasteiger charge is 2.41. The van der Waals surface area contributed by atoms with Crippen LogP contribution in [0.25, 0.3) is 0 Å². The highest BCUT2D eigenvalue weighted by atomic mass is 16.6. The molecule has 0 aromatic rings. The fraction of sp³-hybridized carbons (Fsp3) is 1.00. The van der Waals surface area contributed by atoms with Gasteiger partial charge < -0.3 is 4.74 Å². The van der Waals surface area contributed by atoms with Crippen molar-refractivity contribution in [3.8, 4) is 0 Å². The van der Waals surface area contributed by atoms with Crippen LogP contribution in [0.3, 0.4) is 0 Å². The van der Waals surface area contributed by atoms with Crippen LogP contribution < -0.4 is 0 Å². The van der Waals surface area contributed by atoms with Crippen molar-refractivity contribution >= 4 is 0 Å². The summed E-state index contributed by atoms with van der Waals surface area (Å²) < 4.78 is 5.58. The summed E-state index contributed by atoms with van der Waals surface area (Å²) in [7, 11) is 0. The van der Waals surface area contributed by atoms with Gasteiger partial charge in [-0.15, -0.1) is 0 Å². The Morgan fingerprint density at radius 2 is 1.36 bits per heavy atom. The molecule has 1 aliphatic carbocycles. The van der Waals surface area contributed by atoms with Gasteiger partial charge in [0, 0.05) is 0 Å². The third-order valence-corrected chi connectivity index (χ3v) is 3.11. The summed E-state index contributed by atoms with van der Waals surface area (Å²) in [5, 5.41) is 0. The van der Waals surface area contributed by atoms with Crippen molar-refractivity contribution in [2.45, 2.75) is 51.7 Å². The van der Waals surface area contributed by atoms with E-state index in [1.165, 1.54) is 25.7 Å². The Kier molecular flexibility index (Phi) is 1.92. The van der Waals surface area contributed by atoms with Crippen molar-refractivity contribution < 1.29 is 4.74 Å². The molecule has 1 saturated heterocycles. The zero-order valence-corrected chi connectivity index (χ0v) is 7.55. The monoisotopic (exact) mass is 154 g/mol. The maximum absolute atomic E-state index is 5.58. The first-order chi connectivity index (χ1) is 5.25. The molecular weight excluding hydrogens is 136 g/mol. The lowest BCUT2D eigenvalue weighted by Crippen LogP contribution is -2.11. The topological polar surface area (TPSA) is 12.5 Å². The van der Waals surface area contributed by atoms with Gasteiger partial charge in [0.2, 0.25) is 0 Å². The number of epoxide rings is 1. The van der Waals surface area contributed by atoms with Gasteiger partial charge >= 0.3 is 0 Å². The minimum Gasteiger partial charge on any atom is -0.370 e. The Bertz CT molecular complexity index is 128. The molecular formula is C10H18O. The second-order valence-corrected chi connectivity index (χ2v) is 4.47. The largest absolute Gasteiger partial charge is 0.370 e. The fourth-order valence-corrected chi connectivity index (χ4v) is 2.19. The molecule has 2 fully saturated rings. The van der Waals surface area contributed by atoms with Crippen LogP contribution in [-0.4, -0.2) is 12.2 Å². The van der Waals surface area contributed by atoms with E-state index in [1.54, 1.807) is 0 Å². The fourth-order valence-electron chi connectivity index (χ4n) is 2.19. The van der Waals surface area contributed by atoms with Crippen molar-refractivity contribution in [1.82, 2.24) is 0 Å². The van der Waals surface area contributed by atoms with Crippen molar-refractivity contribution in [3.63, 3.8) is 0 Å². The molecule has 0 aromatic heterocycles. The molecule has 0 radical (unpaired) electrons. The van der Waals surface area contributed by atoms with Crippen LogP contribution in [0.2, 0.25) is 0 Å². The van der Waals surface area contributed by atoms with Gasteiger partial charge in [-0.3, -0.25) is 0 Å². The Morgan fingerprint density at radius 1 is 0.909 bits per heavy atom. The van der Waals surface area contributed by atoms with Crippen LogP contribution in [0, 0.1) is 11.8 Å². The first kappa shape index (κ1) is 7.60. The van der Waals surface area contributed by atoms with E-state index in [0.29, 0.717) is 12.2 Å². The van der Waals surface area contributed by atoms with Gasteiger partial charge in [0.1, 0.15) is 0 Å². The second-order valence-electron chi connectivity index (χ2n) is 4.47. The Balaban J connectivity index is 1.90. The Labute approximate surface area is 69.1 Å². The van der Waals surface area contributed by atoms with Gasteiger partial charge in [-0.05, 0) is 24.7 Å². The van der Waals surface area contributed by atoms with E-state index in [9.17, 15) is 0 Å². The molecule has 1 aliphatic heterocycles. The van der Waals surface area contributed by atoms with E-state index in [2.05, 4.69) is 13.8 Å². The van der Waals surface area contributed by atoms with E-state index in [0.717, 1.165) is 11.8 Å². The van der Waals surface area contributed by atoms with Gasteiger partial charge in [-0.2, -0.15) is 0 Å². The zero-order valence-electron chi connectivity index (χ0n) is 7.55. The standard InChI is InChI=1S/C10H18O/c1-7-3-4-8(2)6-10-9(5-7)11-10/h7-10H,3-6H2,1-2H3. The molecule has 11 heavy (non-hydrogen) atoms. The average molecular weight is 154 g/mol. The molecule has 1 heterocycles. The second kappa shape index (κ2) is 2.78. The van der Waals surface area contributed by atoms with Crippen LogP contribution in [0.1, 0.15) is 39.5 Å². The highest BCUT2D eigenvalue weighted by molar-refractivity contribution is 4.89. The maximum atomic E-state index is 5.58. The van der Waals surface area contributed by atoms with E-state index in [1.807, 2.05) is 0 Å². The SMILES string of the molecule is CC1CCC(C)CC2OC2C1. The lowest BCUT2D eigenvalue weighted by Gasteiger charge is -2.16. The molecule has 0 spiro atoms. The van der Waals surface area contributed by atoms with E-state index < -0.39 is 0 Å². The van der Waals surface area contributed by atoms with E-state index >= 15 is 0 Å². The van der Waals surface area contributed by atoms with E-state index in [4.69, 9.17) is 4.74 Å². The van der Waals surface area contributed by atoms with Crippen molar-refractivity contribution in [2.75, 3.05) is 0 Å². The molecule has 0 N–H and O–H groups in total. The Hall–Kier alpha value is -0.0400. The number of hydrogen-bond donors (Lipinski definition) is 0. The van der Waals surface area contributed by atoms with Gasteiger partial charge in [0.25, 0.3) is 0 Å². The molecule has 0 bridgehead atoms. The van der Waals surface area contributed by atoms with Gasteiger partial charge in [-0.25, -0.2) is 0 Å². The molecule has 2 aliphatic rings. The average Bonchev–Trinajstić information content (AvgIpc) is 2.60. The van der Waals surface area contributed by atoms with Gasteiger partial charge in [0.05, 0.1) is 12.2 Å². The van der Waals surface area contributed by atoms with Gasteiger partial charge in [-0.1, -0.05) is 26.7 Å². The minimum atomic E-state index is 0.646.